The van der Waals surface area contributed by atoms with Crippen molar-refractivity contribution in [1.29, 1.82) is 0 Å². The molecule has 0 spiro atoms. The highest BCUT2D eigenvalue weighted by Crippen LogP contribution is 2.16. The van der Waals surface area contributed by atoms with Gasteiger partial charge in [-0.15, -0.1) is 0 Å². The fraction of sp³-hybridized carbons (Fsp3) is 1.00. The first-order valence-corrected chi connectivity index (χ1v) is 7.47. The normalized spacial score (nSPS) is 26.1. The fourth-order valence-electron chi connectivity index (χ4n) is 2.07. The van der Waals surface area contributed by atoms with Crippen molar-refractivity contribution in [2.45, 2.75) is 26.3 Å². The lowest BCUT2D eigenvalue weighted by atomic mass is 9.97. The zero-order valence-corrected chi connectivity index (χ0v) is 10.5. The monoisotopic (exact) mass is 234 g/mol. The predicted octanol–water partition coefficient (Wildman–Crippen LogP) is 0.0902. The molecule has 0 bridgehead atoms. The molecule has 2 atom stereocenters. The van der Waals surface area contributed by atoms with Crippen LogP contribution in [0.2, 0.25) is 0 Å². The van der Waals surface area contributed by atoms with E-state index in [0.29, 0.717) is 43.1 Å². The summed E-state index contributed by atoms with van der Waals surface area (Å²) in [6.45, 7) is 6.24. The van der Waals surface area contributed by atoms with Gasteiger partial charge < -0.3 is 5.73 Å². The van der Waals surface area contributed by atoms with Crippen LogP contribution in [-0.4, -0.2) is 50.5 Å². The summed E-state index contributed by atoms with van der Waals surface area (Å²) in [5.74, 6) is 1.12. The zero-order valence-electron chi connectivity index (χ0n) is 9.65. The van der Waals surface area contributed by atoms with Crippen molar-refractivity contribution in [1.82, 2.24) is 4.90 Å². The van der Waals surface area contributed by atoms with E-state index in [-0.39, 0.29) is 0 Å². The summed E-state index contributed by atoms with van der Waals surface area (Å²) in [4.78, 5) is 2.23. The second kappa shape index (κ2) is 5.27. The molecule has 0 aliphatic carbocycles. The van der Waals surface area contributed by atoms with Gasteiger partial charge in [0.15, 0.2) is 9.84 Å². The molecule has 0 aromatic heterocycles. The van der Waals surface area contributed by atoms with Crippen molar-refractivity contribution in [2.75, 3.05) is 31.1 Å². The van der Waals surface area contributed by atoms with Gasteiger partial charge >= 0.3 is 0 Å². The molecule has 5 heteroatoms. The van der Waals surface area contributed by atoms with E-state index in [2.05, 4.69) is 18.7 Å². The number of rotatable bonds is 4. The molecule has 1 aliphatic rings. The van der Waals surface area contributed by atoms with Gasteiger partial charge in [0.25, 0.3) is 0 Å². The van der Waals surface area contributed by atoms with Crippen LogP contribution in [0.15, 0.2) is 0 Å². The summed E-state index contributed by atoms with van der Waals surface area (Å²) < 4.78 is 22.6. The molecule has 1 heterocycles. The summed E-state index contributed by atoms with van der Waals surface area (Å²) in [7, 11) is -2.77. The van der Waals surface area contributed by atoms with Crippen molar-refractivity contribution in [3.05, 3.63) is 0 Å². The van der Waals surface area contributed by atoms with Crippen LogP contribution >= 0.6 is 0 Å². The first-order valence-electron chi connectivity index (χ1n) is 5.64. The number of nitrogens with zero attached hydrogens (tertiary/aromatic N) is 1. The molecule has 0 amide bonds. The maximum absolute atomic E-state index is 11.3. The largest absolute Gasteiger partial charge is 0.329 e. The van der Waals surface area contributed by atoms with Crippen LogP contribution < -0.4 is 5.73 Å². The third-order valence-electron chi connectivity index (χ3n) is 3.39. The Bertz CT molecular complexity index is 276. The van der Waals surface area contributed by atoms with Gasteiger partial charge in [-0.2, -0.15) is 0 Å². The Morgan fingerprint density at radius 3 is 2.27 bits per heavy atom. The summed E-state index contributed by atoms with van der Waals surface area (Å²) in [5.41, 5.74) is 5.76. The van der Waals surface area contributed by atoms with Crippen molar-refractivity contribution in [2.24, 2.45) is 11.7 Å². The van der Waals surface area contributed by atoms with Crippen LogP contribution in [0.25, 0.3) is 0 Å². The Kier molecular flexibility index (Phi) is 4.55. The molecule has 1 fully saturated rings. The highest BCUT2D eigenvalue weighted by Gasteiger charge is 2.28. The fourth-order valence-corrected chi connectivity index (χ4v) is 3.30. The first kappa shape index (κ1) is 12.9. The van der Waals surface area contributed by atoms with Crippen molar-refractivity contribution in [3.63, 3.8) is 0 Å². The van der Waals surface area contributed by atoms with Gasteiger partial charge in [0.1, 0.15) is 0 Å². The molecule has 4 nitrogen and oxygen atoms in total. The Morgan fingerprint density at radius 1 is 1.33 bits per heavy atom. The molecule has 1 rings (SSSR count). The summed E-state index contributed by atoms with van der Waals surface area (Å²) in [5, 5.41) is 0. The smallest absolute Gasteiger partial charge is 0.152 e. The SMILES string of the molecule is CCC(C)C(CN)N1CCS(=O)(=O)CC1. The van der Waals surface area contributed by atoms with Crippen molar-refractivity contribution in [3.8, 4) is 0 Å². The van der Waals surface area contributed by atoms with E-state index >= 15 is 0 Å². The number of hydrogen-bond donors (Lipinski definition) is 1. The van der Waals surface area contributed by atoms with Crippen LogP contribution in [0, 0.1) is 5.92 Å². The molecule has 0 aromatic carbocycles. The van der Waals surface area contributed by atoms with E-state index in [1.807, 2.05) is 0 Å². The van der Waals surface area contributed by atoms with E-state index in [1.54, 1.807) is 0 Å². The lowest BCUT2D eigenvalue weighted by molar-refractivity contribution is 0.162. The Balaban J connectivity index is 2.57. The van der Waals surface area contributed by atoms with Crippen LogP contribution in [0.3, 0.4) is 0 Å². The number of hydrogen-bond acceptors (Lipinski definition) is 4. The van der Waals surface area contributed by atoms with Gasteiger partial charge in [0.05, 0.1) is 11.5 Å². The molecule has 90 valence electrons. The van der Waals surface area contributed by atoms with Crippen LogP contribution in [0.4, 0.5) is 0 Å². The number of sulfone groups is 1. The maximum atomic E-state index is 11.3. The van der Waals surface area contributed by atoms with Gasteiger partial charge in [-0.25, -0.2) is 8.42 Å². The van der Waals surface area contributed by atoms with Gasteiger partial charge in [-0.05, 0) is 5.92 Å². The van der Waals surface area contributed by atoms with Gasteiger partial charge in [0.2, 0.25) is 0 Å². The zero-order chi connectivity index (χ0) is 11.5. The standard InChI is InChI=1S/C10H22N2O2S/c1-3-9(2)10(8-11)12-4-6-15(13,14)7-5-12/h9-10H,3-8,11H2,1-2H3. The molecule has 2 unspecified atom stereocenters. The Morgan fingerprint density at radius 2 is 1.87 bits per heavy atom. The van der Waals surface area contributed by atoms with E-state index < -0.39 is 9.84 Å². The molecular formula is C10H22N2O2S. The average Bonchev–Trinajstić information content (AvgIpc) is 2.21. The third-order valence-corrected chi connectivity index (χ3v) is 5.00. The molecule has 0 aromatic rings. The molecule has 15 heavy (non-hydrogen) atoms. The molecule has 1 saturated heterocycles. The lowest BCUT2D eigenvalue weighted by Crippen LogP contribution is -2.51. The minimum Gasteiger partial charge on any atom is -0.329 e. The average molecular weight is 234 g/mol. The highest BCUT2D eigenvalue weighted by molar-refractivity contribution is 7.91. The minimum atomic E-state index is -2.77. The first-order chi connectivity index (χ1) is 7.00. The highest BCUT2D eigenvalue weighted by atomic mass is 32.2. The lowest BCUT2D eigenvalue weighted by Gasteiger charge is -2.36. The molecule has 0 saturated carbocycles. The van der Waals surface area contributed by atoms with Crippen LogP contribution in [0.5, 0.6) is 0 Å². The van der Waals surface area contributed by atoms with Crippen molar-refractivity contribution < 1.29 is 8.42 Å². The van der Waals surface area contributed by atoms with E-state index in [0.717, 1.165) is 6.42 Å². The maximum Gasteiger partial charge on any atom is 0.152 e. The summed E-state index contributed by atoms with van der Waals surface area (Å²) in [6, 6.07) is 0.338. The van der Waals surface area contributed by atoms with Gasteiger partial charge in [-0.1, -0.05) is 20.3 Å². The second-order valence-electron chi connectivity index (χ2n) is 4.38. The van der Waals surface area contributed by atoms with Crippen LogP contribution in [0.1, 0.15) is 20.3 Å². The van der Waals surface area contributed by atoms with Crippen LogP contribution in [-0.2, 0) is 9.84 Å². The molecule has 1 aliphatic heterocycles. The van der Waals surface area contributed by atoms with E-state index in [9.17, 15) is 8.42 Å². The Hall–Kier alpha value is -0.130. The van der Waals surface area contributed by atoms with Gasteiger partial charge in [0, 0.05) is 25.7 Å². The third kappa shape index (κ3) is 3.43. The van der Waals surface area contributed by atoms with Crippen molar-refractivity contribution >= 4 is 9.84 Å². The summed E-state index contributed by atoms with van der Waals surface area (Å²) in [6.07, 6.45) is 1.09. The summed E-state index contributed by atoms with van der Waals surface area (Å²) >= 11 is 0. The Labute approximate surface area is 92.7 Å². The molecule has 2 N–H and O–H groups in total. The minimum absolute atomic E-state index is 0.292. The predicted molar refractivity (Wildman–Crippen MR) is 62.5 cm³/mol. The topological polar surface area (TPSA) is 63.4 Å². The quantitative estimate of drug-likeness (QED) is 0.749. The number of nitrogens with two attached hydrogens (primary N) is 1. The van der Waals surface area contributed by atoms with E-state index in [1.165, 1.54) is 0 Å². The molecule has 0 radical (unpaired) electrons. The van der Waals surface area contributed by atoms with Gasteiger partial charge in [-0.3, -0.25) is 4.90 Å². The second-order valence-corrected chi connectivity index (χ2v) is 6.68. The van der Waals surface area contributed by atoms with E-state index in [4.69, 9.17) is 5.73 Å². The molecular weight excluding hydrogens is 212 g/mol.